The first-order valence-corrected chi connectivity index (χ1v) is 4.74. The zero-order valence-corrected chi connectivity index (χ0v) is 8.50. The van der Waals surface area contributed by atoms with E-state index in [9.17, 15) is 9.90 Å². The second-order valence-corrected chi connectivity index (χ2v) is 4.80. The van der Waals surface area contributed by atoms with Crippen LogP contribution in [0, 0.1) is 10.8 Å². The van der Waals surface area contributed by atoms with Crippen LogP contribution in [-0.2, 0) is 4.79 Å². The molecule has 2 atom stereocenters. The average molecular weight is 186 g/mol. The third-order valence-electron chi connectivity index (χ3n) is 3.80. The van der Waals surface area contributed by atoms with Crippen LogP contribution in [0.5, 0.6) is 0 Å². The number of hydrogen-bond donors (Lipinski definition) is 2. The van der Waals surface area contributed by atoms with Crippen LogP contribution >= 0.6 is 0 Å². The highest BCUT2D eigenvalue weighted by Gasteiger charge is 2.54. The number of hydrogen-bond acceptors (Lipinski definition) is 2. The zero-order valence-electron chi connectivity index (χ0n) is 8.50. The summed E-state index contributed by atoms with van der Waals surface area (Å²) in [7, 11) is 0. The minimum atomic E-state index is -0.995. The first kappa shape index (κ1) is 10.5. The van der Waals surface area contributed by atoms with Crippen LogP contribution in [0.2, 0.25) is 0 Å². The molecule has 0 aromatic rings. The molecule has 0 aromatic heterocycles. The van der Waals surface area contributed by atoms with Gasteiger partial charge in [0, 0.05) is 0 Å². The van der Waals surface area contributed by atoms with E-state index in [0.717, 1.165) is 12.8 Å². The molecule has 0 radical (unpaired) electrons. The van der Waals surface area contributed by atoms with Crippen molar-refractivity contribution in [3.05, 3.63) is 0 Å². The van der Waals surface area contributed by atoms with Crippen LogP contribution < -0.4 is 0 Å². The van der Waals surface area contributed by atoms with Crippen LogP contribution in [0.15, 0.2) is 0 Å². The molecule has 3 nitrogen and oxygen atoms in total. The molecule has 2 unspecified atom stereocenters. The second kappa shape index (κ2) is 2.98. The number of rotatable bonds is 1. The van der Waals surface area contributed by atoms with E-state index in [1.807, 2.05) is 13.8 Å². The normalized spacial score (nSPS) is 38.6. The quantitative estimate of drug-likeness (QED) is 0.654. The van der Waals surface area contributed by atoms with Crippen LogP contribution in [-0.4, -0.2) is 22.3 Å². The molecule has 0 heterocycles. The summed E-state index contributed by atoms with van der Waals surface area (Å²) in [5.74, 6) is -0.885. The average Bonchev–Trinajstić information content (AvgIpc) is 1.99. The van der Waals surface area contributed by atoms with Crippen molar-refractivity contribution < 1.29 is 15.0 Å². The van der Waals surface area contributed by atoms with Gasteiger partial charge in [-0.3, -0.25) is 4.79 Å². The van der Waals surface area contributed by atoms with E-state index in [2.05, 4.69) is 0 Å². The fraction of sp³-hybridized carbons (Fsp3) is 0.900. The van der Waals surface area contributed by atoms with Gasteiger partial charge in [0.25, 0.3) is 0 Å². The summed E-state index contributed by atoms with van der Waals surface area (Å²) in [6, 6.07) is 0. The van der Waals surface area contributed by atoms with Crippen LogP contribution in [0.1, 0.15) is 40.0 Å². The number of carboxylic acids is 1. The highest BCUT2D eigenvalue weighted by molar-refractivity contribution is 5.76. The van der Waals surface area contributed by atoms with Gasteiger partial charge >= 0.3 is 5.97 Å². The summed E-state index contributed by atoms with van der Waals surface area (Å²) in [5, 5.41) is 18.9. The Kier molecular flexibility index (Phi) is 2.41. The Labute approximate surface area is 78.8 Å². The van der Waals surface area contributed by atoms with Crippen molar-refractivity contribution in [2.75, 3.05) is 0 Å². The molecule has 0 aliphatic heterocycles. The largest absolute Gasteiger partial charge is 0.481 e. The summed E-state index contributed by atoms with van der Waals surface area (Å²) >= 11 is 0. The zero-order chi connectivity index (χ0) is 10.3. The summed E-state index contributed by atoms with van der Waals surface area (Å²) in [6.45, 7) is 5.49. The van der Waals surface area contributed by atoms with Crippen LogP contribution in [0.25, 0.3) is 0 Å². The SMILES string of the molecule is CC1(C)CCCC(O)C1(C)C(=O)O. The maximum absolute atomic E-state index is 11.1. The van der Waals surface area contributed by atoms with Crippen molar-refractivity contribution >= 4 is 5.97 Å². The molecule has 0 aromatic carbocycles. The topological polar surface area (TPSA) is 57.5 Å². The van der Waals surface area contributed by atoms with E-state index >= 15 is 0 Å². The maximum atomic E-state index is 11.1. The van der Waals surface area contributed by atoms with Gasteiger partial charge in [-0.1, -0.05) is 20.3 Å². The molecule has 0 bridgehead atoms. The number of aliphatic hydroxyl groups excluding tert-OH is 1. The van der Waals surface area contributed by atoms with E-state index in [1.54, 1.807) is 6.92 Å². The standard InChI is InChI=1S/C10H18O3/c1-9(2)6-4-5-7(11)10(9,3)8(12)13/h7,11H,4-6H2,1-3H3,(H,12,13). The van der Waals surface area contributed by atoms with E-state index in [4.69, 9.17) is 5.11 Å². The molecule has 3 heteroatoms. The van der Waals surface area contributed by atoms with E-state index in [-0.39, 0.29) is 5.41 Å². The summed E-state index contributed by atoms with van der Waals surface area (Å²) in [4.78, 5) is 11.1. The van der Waals surface area contributed by atoms with Crippen molar-refractivity contribution in [2.24, 2.45) is 10.8 Å². The van der Waals surface area contributed by atoms with Gasteiger partial charge in [-0.05, 0) is 25.2 Å². The Hall–Kier alpha value is -0.570. The van der Waals surface area contributed by atoms with Crippen molar-refractivity contribution in [2.45, 2.75) is 46.1 Å². The first-order chi connectivity index (χ1) is 5.82. The molecule has 1 saturated carbocycles. The summed E-state index contributed by atoms with van der Waals surface area (Å²) in [5.41, 5.74) is -1.32. The monoisotopic (exact) mass is 186 g/mol. The molecular formula is C10H18O3. The van der Waals surface area contributed by atoms with Crippen molar-refractivity contribution in [3.8, 4) is 0 Å². The van der Waals surface area contributed by atoms with Crippen molar-refractivity contribution in [1.29, 1.82) is 0 Å². The van der Waals surface area contributed by atoms with E-state index < -0.39 is 17.5 Å². The molecular weight excluding hydrogens is 168 g/mol. The van der Waals surface area contributed by atoms with Crippen molar-refractivity contribution in [3.63, 3.8) is 0 Å². The molecule has 13 heavy (non-hydrogen) atoms. The summed E-state index contributed by atoms with van der Waals surface area (Å²) < 4.78 is 0. The van der Waals surface area contributed by atoms with Gasteiger partial charge in [-0.2, -0.15) is 0 Å². The summed E-state index contributed by atoms with van der Waals surface area (Å²) in [6.07, 6.45) is 1.67. The molecule has 1 aliphatic carbocycles. The number of carboxylic acid groups (broad SMARTS) is 1. The molecule has 2 N–H and O–H groups in total. The molecule has 0 saturated heterocycles. The molecule has 0 amide bonds. The fourth-order valence-corrected chi connectivity index (χ4v) is 2.17. The lowest BCUT2D eigenvalue weighted by molar-refractivity contribution is -0.173. The highest BCUT2D eigenvalue weighted by atomic mass is 16.4. The Balaban J connectivity index is 3.05. The number of aliphatic hydroxyl groups is 1. The van der Waals surface area contributed by atoms with Gasteiger partial charge < -0.3 is 10.2 Å². The number of carbonyl (C=O) groups is 1. The minimum Gasteiger partial charge on any atom is -0.481 e. The lowest BCUT2D eigenvalue weighted by Crippen LogP contribution is -2.53. The lowest BCUT2D eigenvalue weighted by Gasteiger charge is -2.47. The highest BCUT2D eigenvalue weighted by Crippen LogP contribution is 2.50. The smallest absolute Gasteiger partial charge is 0.312 e. The van der Waals surface area contributed by atoms with Gasteiger partial charge in [0.15, 0.2) is 0 Å². The van der Waals surface area contributed by atoms with Gasteiger partial charge in [-0.15, -0.1) is 0 Å². The third-order valence-corrected chi connectivity index (χ3v) is 3.80. The fourth-order valence-electron chi connectivity index (χ4n) is 2.17. The lowest BCUT2D eigenvalue weighted by atomic mass is 9.57. The molecule has 76 valence electrons. The molecule has 1 rings (SSSR count). The second-order valence-electron chi connectivity index (χ2n) is 4.80. The van der Waals surface area contributed by atoms with E-state index in [1.165, 1.54) is 0 Å². The van der Waals surface area contributed by atoms with Gasteiger partial charge in [0.05, 0.1) is 11.5 Å². The Morgan fingerprint density at radius 3 is 2.23 bits per heavy atom. The maximum Gasteiger partial charge on any atom is 0.312 e. The van der Waals surface area contributed by atoms with Crippen molar-refractivity contribution in [1.82, 2.24) is 0 Å². The molecule has 1 fully saturated rings. The molecule has 1 aliphatic rings. The Morgan fingerprint density at radius 2 is 1.92 bits per heavy atom. The van der Waals surface area contributed by atoms with Gasteiger partial charge in [-0.25, -0.2) is 0 Å². The number of aliphatic carboxylic acids is 1. The molecule has 0 spiro atoms. The Morgan fingerprint density at radius 1 is 1.38 bits per heavy atom. The van der Waals surface area contributed by atoms with Gasteiger partial charge in [0.2, 0.25) is 0 Å². The van der Waals surface area contributed by atoms with Crippen LogP contribution in [0.3, 0.4) is 0 Å². The minimum absolute atomic E-state index is 0.323. The predicted molar refractivity (Wildman–Crippen MR) is 49.4 cm³/mol. The predicted octanol–water partition coefficient (Wildman–Crippen LogP) is 1.65. The Bertz CT molecular complexity index is 222. The first-order valence-electron chi connectivity index (χ1n) is 4.74. The van der Waals surface area contributed by atoms with E-state index in [0.29, 0.717) is 6.42 Å². The third kappa shape index (κ3) is 1.35. The van der Waals surface area contributed by atoms with Gasteiger partial charge in [0.1, 0.15) is 0 Å². The van der Waals surface area contributed by atoms with Crippen LogP contribution in [0.4, 0.5) is 0 Å².